The number of carbonyl (C=O) groups is 2. The van der Waals surface area contributed by atoms with E-state index < -0.39 is 26.9 Å². The van der Waals surface area contributed by atoms with Crippen molar-refractivity contribution in [3.63, 3.8) is 0 Å². The number of thiophene rings is 1. The van der Waals surface area contributed by atoms with Gasteiger partial charge in [-0.3, -0.25) is 9.59 Å². The summed E-state index contributed by atoms with van der Waals surface area (Å²) in [5.41, 5.74) is 0.494. The Hall–Kier alpha value is -2.39. The fraction of sp³-hybridized carbons (Fsp3) is 0.333. The largest absolute Gasteiger partial charge is 0.497 e. The van der Waals surface area contributed by atoms with Gasteiger partial charge < -0.3 is 15.4 Å². The third-order valence-corrected chi connectivity index (χ3v) is 7.24. The molecule has 27 heavy (non-hydrogen) atoms. The summed E-state index contributed by atoms with van der Waals surface area (Å²) in [6, 6.07) is 9.54. The van der Waals surface area contributed by atoms with E-state index in [9.17, 15) is 18.0 Å². The number of benzene rings is 1. The summed E-state index contributed by atoms with van der Waals surface area (Å²) in [6.45, 7) is 3.23. The predicted molar refractivity (Wildman–Crippen MR) is 104 cm³/mol. The lowest BCUT2D eigenvalue weighted by Gasteiger charge is -2.18. The second-order valence-corrected chi connectivity index (χ2v) is 9.38. The Morgan fingerprint density at radius 2 is 1.78 bits per heavy atom. The van der Waals surface area contributed by atoms with Crippen molar-refractivity contribution >= 4 is 33.0 Å². The van der Waals surface area contributed by atoms with Crippen LogP contribution in [0.15, 0.2) is 46.0 Å². The van der Waals surface area contributed by atoms with Gasteiger partial charge in [0.05, 0.1) is 7.11 Å². The molecule has 1 atom stereocenters. The van der Waals surface area contributed by atoms with E-state index in [1.165, 1.54) is 13.2 Å². The molecule has 0 aliphatic heterocycles. The monoisotopic (exact) mass is 410 g/mol. The molecule has 9 heteroatoms. The third kappa shape index (κ3) is 5.30. The Labute approximate surface area is 162 Å². The molecule has 2 aromatic rings. The number of rotatable bonds is 7. The van der Waals surface area contributed by atoms with E-state index >= 15 is 0 Å². The van der Waals surface area contributed by atoms with Crippen molar-refractivity contribution in [2.75, 3.05) is 13.7 Å². The molecule has 2 amide bonds. The summed E-state index contributed by atoms with van der Waals surface area (Å²) < 4.78 is 31.4. The van der Waals surface area contributed by atoms with E-state index in [0.29, 0.717) is 11.3 Å². The smallest absolute Gasteiger partial charge is 0.309 e. The lowest BCUT2D eigenvalue weighted by Crippen LogP contribution is -2.44. The quantitative estimate of drug-likeness (QED) is 0.679. The number of hydrogen-bond donors (Lipinski definition) is 2. The molecular weight excluding hydrogens is 388 g/mol. The molecule has 146 valence electrons. The number of ether oxygens (including phenoxy) is 1. The summed E-state index contributed by atoms with van der Waals surface area (Å²) in [7, 11) is -2.23. The standard InChI is InChI=1S/C18H22N2O5S2/c1-12(2)20-18(22)17(21)19-11-15(13-6-8-14(25-3)9-7-13)27(23,24)16-5-4-10-26-16/h4-10,12,15H,11H2,1-3H3,(H,19,21)(H,20,22)/t15-/m1/s1. The minimum atomic E-state index is -3.74. The SMILES string of the molecule is COc1ccc([C@@H](CNC(=O)C(=O)NC(C)C)S(=O)(=O)c2cccs2)cc1. The molecular formula is C18H22N2O5S2. The van der Waals surface area contributed by atoms with E-state index in [4.69, 9.17) is 4.74 Å². The first kappa shape index (κ1) is 20.9. The average molecular weight is 411 g/mol. The molecule has 0 spiro atoms. The van der Waals surface area contributed by atoms with E-state index in [1.807, 2.05) is 0 Å². The highest BCUT2D eigenvalue weighted by atomic mass is 32.2. The van der Waals surface area contributed by atoms with Crippen LogP contribution in [0, 0.1) is 0 Å². The van der Waals surface area contributed by atoms with Crippen molar-refractivity contribution in [1.82, 2.24) is 10.6 Å². The van der Waals surface area contributed by atoms with Gasteiger partial charge in [0, 0.05) is 12.6 Å². The zero-order chi connectivity index (χ0) is 20.0. The molecule has 1 aromatic heterocycles. The van der Waals surface area contributed by atoms with Gasteiger partial charge in [0.2, 0.25) is 0 Å². The number of hydrogen-bond acceptors (Lipinski definition) is 6. The van der Waals surface area contributed by atoms with Gasteiger partial charge in [0.15, 0.2) is 9.84 Å². The number of nitrogens with one attached hydrogen (secondary N) is 2. The van der Waals surface area contributed by atoms with Crippen LogP contribution in [0.2, 0.25) is 0 Å². The Balaban J connectivity index is 2.27. The van der Waals surface area contributed by atoms with Crippen LogP contribution >= 0.6 is 11.3 Å². The fourth-order valence-corrected chi connectivity index (χ4v) is 5.25. The van der Waals surface area contributed by atoms with Crippen LogP contribution in [0.5, 0.6) is 5.75 Å². The zero-order valence-electron chi connectivity index (χ0n) is 15.3. The minimum Gasteiger partial charge on any atom is -0.497 e. The van der Waals surface area contributed by atoms with E-state index in [2.05, 4.69) is 10.6 Å². The van der Waals surface area contributed by atoms with Crippen molar-refractivity contribution in [2.24, 2.45) is 0 Å². The average Bonchev–Trinajstić information content (AvgIpc) is 3.17. The summed E-state index contributed by atoms with van der Waals surface area (Å²) in [5.74, 6) is -1.08. The molecule has 2 rings (SSSR count). The van der Waals surface area contributed by atoms with Crippen molar-refractivity contribution in [1.29, 1.82) is 0 Å². The third-order valence-electron chi connectivity index (χ3n) is 3.71. The van der Waals surface area contributed by atoms with E-state index in [-0.39, 0.29) is 16.8 Å². The number of methoxy groups -OCH3 is 1. The van der Waals surface area contributed by atoms with Gasteiger partial charge in [-0.25, -0.2) is 8.42 Å². The van der Waals surface area contributed by atoms with Crippen LogP contribution < -0.4 is 15.4 Å². The topological polar surface area (TPSA) is 102 Å². The van der Waals surface area contributed by atoms with Gasteiger partial charge in [0.25, 0.3) is 0 Å². The summed E-state index contributed by atoms with van der Waals surface area (Å²) in [5, 5.41) is 5.54. The molecule has 0 saturated heterocycles. The Morgan fingerprint density at radius 1 is 1.11 bits per heavy atom. The van der Waals surface area contributed by atoms with Crippen LogP contribution in [0.1, 0.15) is 24.7 Å². The second-order valence-electron chi connectivity index (χ2n) is 6.08. The highest BCUT2D eigenvalue weighted by molar-refractivity contribution is 7.93. The maximum atomic E-state index is 13.0. The second kappa shape index (κ2) is 9.01. The first-order valence-electron chi connectivity index (χ1n) is 8.25. The molecule has 0 fully saturated rings. The van der Waals surface area contributed by atoms with Crippen LogP contribution in [-0.2, 0) is 19.4 Å². The summed E-state index contributed by atoms with van der Waals surface area (Å²) in [6.07, 6.45) is 0. The maximum absolute atomic E-state index is 13.0. The van der Waals surface area contributed by atoms with Gasteiger partial charge in [-0.15, -0.1) is 11.3 Å². The molecule has 1 aromatic carbocycles. The minimum absolute atomic E-state index is 0.198. The highest BCUT2D eigenvalue weighted by Gasteiger charge is 2.31. The van der Waals surface area contributed by atoms with Crippen LogP contribution in [0.25, 0.3) is 0 Å². The summed E-state index contributed by atoms with van der Waals surface area (Å²) >= 11 is 1.10. The number of amides is 2. The molecule has 0 saturated carbocycles. The van der Waals surface area contributed by atoms with Crippen LogP contribution in [-0.4, -0.2) is 39.9 Å². The maximum Gasteiger partial charge on any atom is 0.309 e. The highest BCUT2D eigenvalue weighted by Crippen LogP contribution is 2.32. The van der Waals surface area contributed by atoms with Gasteiger partial charge in [0.1, 0.15) is 15.2 Å². The fourth-order valence-electron chi connectivity index (χ4n) is 2.38. The van der Waals surface area contributed by atoms with Gasteiger partial charge in [-0.2, -0.15) is 0 Å². The molecule has 0 radical (unpaired) electrons. The molecule has 2 N–H and O–H groups in total. The molecule has 1 heterocycles. The zero-order valence-corrected chi connectivity index (χ0v) is 16.9. The summed E-state index contributed by atoms with van der Waals surface area (Å²) in [4.78, 5) is 23.8. The first-order chi connectivity index (χ1) is 12.8. The Bertz CT molecular complexity index is 875. The van der Waals surface area contributed by atoms with Crippen molar-refractivity contribution in [3.8, 4) is 5.75 Å². The molecule has 0 bridgehead atoms. The number of carbonyl (C=O) groups excluding carboxylic acids is 2. The van der Waals surface area contributed by atoms with Gasteiger partial charge in [-0.05, 0) is 43.0 Å². The van der Waals surface area contributed by atoms with Gasteiger partial charge in [-0.1, -0.05) is 18.2 Å². The van der Waals surface area contributed by atoms with E-state index in [0.717, 1.165) is 11.3 Å². The molecule has 0 aliphatic carbocycles. The lowest BCUT2D eigenvalue weighted by atomic mass is 10.1. The van der Waals surface area contributed by atoms with Crippen LogP contribution in [0.3, 0.4) is 0 Å². The Morgan fingerprint density at radius 3 is 2.30 bits per heavy atom. The molecule has 7 nitrogen and oxygen atoms in total. The Kier molecular flexibility index (Phi) is 6.98. The van der Waals surface area contributed by atoms with Gasteiger partial charge >= 0.3 is 11.8 Å². The number of sulfone groups is 1. The molecule has 0 aliphatic rings. The van der Waals surface area contributed by atoms with Crippen LogP contribution in [0.4, 0.5) is 0 Å². The lowest BCUT2D eigenvalue weighted by molar-refractivity contribution is -0.139. The predicted octanol–water partition coefficient (Wildman–Crippen LogP) is 1.91. The molecule has 0 unspecified atom stereocenters. The van der Waals surface area contributed by atoms with Crippen molar-refractivity contribution < 1.29 is 22.7 Å². The first-order valence-corrected chi connectivity index (χ1v) is 10.7. The normalized spacial score (nSPS) is 12.4. The van der Waals surface area contributed by atoms with Crippen molar-refractivity contribution in [3.05, 3.63) is 47.3 Å². The van der Waals surface area contributed by atoms with Crippen molar-refractivity contribution in [2.45, 2.75) is 29.3 Å². The van der Waals surface area contributed by atoms with E-state index in [1.54, 1.807) is 49.6 Å².